The van der Waals surface area contributed by atoms with Gasteiger partial charge in [0, 0.05) is 0 Å². The van der Waals surface area contributed by atoms with Crippen molar-refractivity contribution in [1.82, 2.24) is 5.32 Å². The van der Waals surface area contributed by atoms with E-state index in [9.17, 15) is 0 Å². The summed E-state index contributed by atoms with van der Waals surface area (Å²) in [6, 6.07) is 0. The summed E-state index contributed by atoms with van der Waals surface area (Å²) < 4.78 is 0. The van der Waals surface area contributed by atoms with Gasteiger partial charge in [0.05, 0.1) is 0 Å². The van der Waals surface area contributed by atoms with Crippen molar-refractivity contribution in [1.29, 1.82) is 0 Å². The van der Waals surface area contributed by atoms with Crippen molar-refractivity contribution >= 4 is 0 Å². The Balaban J connectivity index is 3.48. The van der Waals surface area contributed by atoms with Gasteiger partial charge in [-0.2, -0.15) is 0 Å². The SMILES string of the molecule is C=CCC(C)C(C)CNCC(C)C. The number of rotatable bonds is 7. The molecule has 2 atom stereocenters. The molecule has 1 N–H and O–H groups in total. The molecule has 0 rings (SSSR count). The predicted octanol–water partition coefficient (Wildman–Crippen LogP) is 3.08. The summed E-state index contributed by atoms with van der Waals surface area (Å²) in [5, 5.41) is 3.49. The van der Waals surface area contributed by atoms with Crippen LogP contribution in [0.25, 0.3) is 0 Å². The van der Waals surface area contributed by atoms with Crippen molar-refractivity contribution in [3.05, 3.63) is 12.7 Å². The first-order valence-electron chi connectivity index (χ1n) is 5.39. The van der Waals surface area contributed by atoms with E-state index in [2.05, 4.69) is 39.6 Å². The molecule has 0 amide bonds. The summed E-state index contributed by atoms with van der Waals surface area (Å²) in [4.78, 5) is 0. The standard InChI is InChI=1S/C12H25N/c1-6-7-11(4)12(5)9-13-8-10(2)3/h6,10-13H,1,7-9H2,2-5H3. The van der Waals surface area contributed by atoms with E-state index in [4.69, 9.17) is 0 Å². The third kappa shape index (κ3) is 6.83. The lowest BCUT2D eigenvalue weighted by Gasteiger charge is -2.19. The zero-order chi connectivity index (χ0) is 10.3. The minimum Gasteiger partial charge on any atom is -0.316 e. The van der Waals surface area contributed by atoms with Gasteiger partial charge in [-0.15, -0.1) is 6.58 Å². The minimum atomic E-state index is 0.747. The second-order valence-corrected chi connectivity index (χ2v) is 4.53. The fraction of sp³-hybridized carbons (Fsp3) is 0.833. The first-order chi connectivity index (χ1) is 6.07. The summed E-state index contributed by atoms with van der Waals surface area (Å²) in [5.74, 6) is 2.25. The summed E-state index contributed by atoms with van der Waals surface area (Å²) in [6.07, 6.45) is 3.15. The van der Waals surface area contributed by atoms with Gasteiger partial charge in [0.2, 0.25) is 0 Å². The molecular formula is C12H25N. The highest BCUT2D eigenvalue weighted by molar-refractivity contribution is 4.74. The molecule has 0 spiro atoms. The van der Waals surface area contributed by atoms with Crippen molar-refractivity contribution in [3.8, 4) is 0 Å². The number of nitrogens with one attached hydrogen (secondary N) is 1. The van der Waals surface area contributed by atoms with E-state index in [1.807, 2.05) is 6.08 Å². The van der Waals surface area contributed by atoms with Crippen molar-refractivity contribution in [2.45, 2.75) is 34.1 Å². The molecule has 1 nitrogen and oxygen atoms in total. The maximum Gasteiger partial charge on any atom is -0.00204 e. The van der Waals surface area contributed by atoms with Crippen LogP contribution >= 0.6 is 0 Å². The maximum atomic E-state index is 3.77. The van der Waals surface area contributed by atoms with Crippen molar-refractivity contribution in [2.24, 2.45) is 17.8 Å². The molecule has 0 saturated carbocycles. The summed E-state index contributed by atoms with van der Waals surface area (Å²) in [7, 11) is 0. The molecule has 0 saturated heterocycles. The molecule has 0 aromatic rings. The van der Waals surface area contributed by atoms with E-state index in [0.29, 0.717) is 0 Å². The Morgan fingerprint density at radius 1 is 1.08 bits per heavy atom. The maximum absolute atomic E-state index is 3.77. The van der Waals surface area contributed by atoms with Crippen LogP contribution in [0.4, 0.5) is 0 Å². The Labute approximate surface area is 83.6 Å². The molecule has 0 aromatic carbocycles. The van der Waals surface area contributed by atoms with Crippen LogP contribution in [0.3, 0.4) is 0 Å². The molecule has 0 aromatic heterocycles. The average Bonchev–Trinajstić information content (AvgIpc) is 2.04. The Morgan fingerprint density at radius 2 is 1.69 bits per heavy atom. The van der Waals surface area contributed by atoms with Gasteiger partial charge in [-0.3, -0.25) is 0 Å². The molecule has 1 heteroatoms. The van der Waals surface area contributed by atoms with Crippen LogP contribution in [0.1, 0.15) is 34.1 Å². The van der Waals surface area contributed by atoms with Gasteiger partial charge in [-0.1, -0.05) is 33.8 Å². The molecule has 2 unspecified atom stereocenters. The van der Waals surface area contributed by atoms with E-state index < -0.39 is 0 Å². The molecule has 0 heterocycles. The first-order valence-corrected chi connectivity index (χ1v) is 5.39. The van der Waals surface area contributed by atoms with Crippen molar-refractivity contribution < 1.29 is 0 Å². The summed E-state index contributed by atoms with van der Waals surface area (Å²) in [5.41, 5.74) is 0. The van der Waals surface area contributed by atoms with Crippen LogP contribution in [-0.2, 0) is 0 Å². The average molecular weight is 183 g/mol. The summed E-state index contributed by atoms with van der Waals surface area (Å²) >= 11 is 0. The Hall–Kier alpha value is -0.300. The third-order valence-electron chi connectivity index (χ3n) is 2.53. The van der Waals surface area contributed by atoms with E-state index in [1.165, 1.54) is 0 Å². The number of hydrogen-bond donors (Lipinski definition) is 1. The Kier molecular flexibility index (Phi) is 6.97. The molecule has 0 radical (unpaired) electrons. The van der Waals surface area contributed by atoms with Crippen LogP contribution in [0.5, 0.6) is 0 Å². The lowest BCUT2D eigenvalue weighted by molar-refractivity contribution is 0.362. The van der Waals surface area contributed by atoms with Crippen LogP contribution in [0.2, 0.25) is 0 Å². The smallest absolute Gasteiger partial charge is 0.00204 e. The van der Waals surface area contributed by atoms with Crippen LogP contribution in [-0.4, -0.2) is 13.1 Å². The number of allylic oxidation sites excluding steroid dienone is 1. The molecule has 0 bridgehead atoms. The van der Waals surface area contributed by atoms with Crippen molar-refractivity contribution in [2.75, 3.05) is 13.1 Å². The van der Waals surface area contributed by atoms with Gasteiger partial charge in [-0.25, -0.2) is 0 Å². The lowest BCUT2D eigenvalue weighted by atomic mass is 9.93. The lowest BCUT2D eigenvalue weighted by Crippen LogP contribution is -2.28. The fourth-order valence-corrected chi connectivity index (χ4v) is 1.30. The topological polar surface area (TPSA) is 12.0 Å². The first kappa shape index (κ1) is 12.7. The molecule has 0 aliphatic rings. The quantitative estimate of drug-likeness (QED) is 0.598. The molecular weight excluding hydrogens is 158 g/mol. The molecule has 0 fully saturated rings. The molecule has 78 valence electrons. The Morgan fingerprint density at radius 3 is 2.15 bits per heavy atom. The highest BCUT2D eigenvalue weighted by atomic mass is 14.9. The van der Waals surface area contributed by atoms with Crippen molar-refractivity contribution in [3.63, 3.8) is 0 Å². The zero-order valence-corrected chi connectivity index (χ0v) is 9.64. The normalized spacial score (nSPS) is 15.8. The van der Waals surface area contributed by atoms with Crippen LogP contribution in [0.15, 0.2) is 12.7 Å². The van der Waals surface area contributed by atoms with Gasteiger partial charge >= 0.3 is 0 Å². The van der Waals surface area contributed by atoms with Crippen LogP contribution < -0.4 is 5.32 Å². The summed E-state index contributed by atoms with van der Waals surface area (Å²) in [6.45, 7) is 15.1. The van der Waals surface area contributed by atoms with Gasteiger partial charge in [0.15, 0.2) is 0 Å². The molecule has 0 aliphatic heterocycles. The van der Waals surface area contributed by atoms with Gasteiger partial charge in [0.25, 0.3) is 0 Å². The number of hydrogen-bond acceptors (Lipinski definition) is 1. The molecule has 0 aliphatic carbocycles. The monoisotopic (exact) mass is 183 g/mol. The van der Waals surface area contributed by atoms with Gasteiger partial charge in [-0.05, 0) is 37.3 Å². The Bertz CT molecular complexity index is 129. The second-order valence-electron chi connectivity index (χ2n) is 4.53. The van der Waals surface area contributed by atoms with E-state index in [1.54, 1.807) is 0 Å². The van der Waals surface area contributed by atoms with E-state index in [0.717, 1.165) is 37.3 Å². The minimum absolute atomic E-state index is 0.747. The van der Waals surface area contributed by atoms with E-state index >= 15 is 0 Å². The highest BCUT2D eigenvalue weighted by Crippen LogP contribution is 2.14. The zero-order valence-electron chi connectivity index (χ0n) is 9.64. The predicted molar refractivity (Wildman–Crippen MR) is 60.8 cm³/mol. The second kappa shape index (κ2) is 7.14. The fourth-order valence-electron chi connectivity index (χ4n) is 1.30. The highest BCUT2D eigenvalue weighted by Gasteiger charge is 2.09. The van der Waals surface area contributed by atoms with Gasteiger partial charge < -0.3 is 5.32 Å². The van der Waals surface area contributed by atoms with E-state index in [-0.39, 0.29) is 0 Å². The molecule has 13 heavy (non-hydrogen) atoms. The largest absolute Gasteiger partial charge is 0.316 e. The van der Waals surface area contributed by atoms with Crippen LogP contribution in [0, 0.1) is 17.8 Å². The third-order valence-corrected chi connectivity index (χ3v) is 2.53. The van der Waals surface area contributed by atoms with Gasteiger partial charge in [0.1, 0.15) is 0 Å².